The first-order chi connectivity index (χ1) is 8.79. The number of hydrogen-bond donors (Lipinski definition) is 2. The lowest BCUT2D eigenvalue weighted by Crippen LogP contribution is -2.33. The molecule has 5 nitrogen and oxygen atoms in total. The Balaban J connectivity index is 1.63. The third-order valence-corrected chi connectivity index (χ3v) is 3.89. The van der Waals surface area contributed by atoms with Gasteiger partial charge in [-0.2, -0.15) is 0 Å². The smallest absolute Gasteiger partial charge is 0.270 e. The number of rotatable bonds is 2. The molecule has 1 aliphatic carbocycles. The number of aromatic nitrogens is 1. The van der Waals surface area contributed by atoms with E-state index in [9.17, 15) is 4.79 Å². The summed E-state index contributed by atoms with van der Waals surface area (Å²) in [6.07, 6.45) is 3.36. The third-order valence-electron chi connectivity index (χ3n) is 3.89. The van der Waals surface area contributed by atoms with Gasteiger partial charge in [0.1, 0.15) is 5.69 Å². The van der Waals surface area contributed by atoms with Gasteiger partial charge in [-0.05, 0) is 31.4 Å². The number of anilines is 2. The standard InChI is InChI=1S/C13H16N4O/c18-13(15-8-1-2-8)10-3-4-11-12(16-10)14-9-5-6-17(11)7-9/h3-4,8-9H,1-2,5-7H2,(H,14,16)(H,15,18)/t9-/m1/s1. The molecule has 1 saturated carbocycles. The molecule has 1 aromatic rings. The van der Waals surface area contributed by atoms with Gasteiger partial charge in [-0.25, -0.2) is 4.98 Å². The average Bonchev–Trinajstić information content (AvgIpc) is 3.11. The van der Waals surface area contributed by atoms with Crippen molar-refractivity contribution in [3.05, 3.63) is 17.8 Å². The van der Waals surface area contributed by atoms with E-state index in [1.807, 2.05) is 12.1 Å². The Hall–Kier alpha value is -1.78. The highest BCUT2D eigenvalue weighted by molar-refractivity contribution is 5.94. The molecular formula is C13H16N4O. The number of amides is 1. The van der Waals surface area contributed by atoms with Gasteiger partial charge < -0.3 is 15.5 Å². The number of nitrogens with one attached hydrogen (secondary N) is 2. The number of carbonyl (C=O) groups is 1. The number of nitrogens with zero attached hydrogens (tertiary/aromatic N) is 2. The fourth-order valence-corrected chi connectivity index (χ4v) is 2.72. The monoisotopic (exact) mass is 244 g/mol. The van der Waals surface area contributed by atoms with Gasteiger partial charge in [0.2, 0.25) is 0 Å². The van der Waals surface area contributed by atoms with Crippen LogP contribution in [0.1, 0.15) is 29.8 Å². The second-order valence-electron chi connectivity index (χ2n) is 5.39. The number of pyridine rings is 1. The van der Waals surface area contributed by atoms with Crippen LogP contribution in [0, 0.1) is 0 Å². The highest BCUT2D eigenvalue weighted by Crippen LogP contribution is 2.34. The predicted octanol–water partition coefficient (Wildman–Crippen LogP) is 0.978. The fourth-order valence-electron chi connectivity index (χ4n) is 2.72. The first kappa shape index (κ1) is 10.2. The minimum Gasteiger partial charge on any atom is -0.366 e. The van der Waals surface area contributed by atoms with Gasteiger partial charge in [0.15, 0.2) is 5.82 Å². The zero-order valence-corrected chi connectivity index (χ0v) is 10.1. The summed E-state index contributed by atoms with van der Waals surface area (Å²) >= 11 is 0. The Bertz CT molecular complexity index is 512. The Labute approximate surface area is 106 Å². The molecule has 0 aromatic carbocycles. The summed E-state index contributed by atoms with van der Waals surface area (Å²) in [4.78, 5) is 18.8. The molecule has 2 N–H and O–H groups in total. The molecule has 2 fully saturated rings. The first-order valence-corrected chi connectivity index (χ1v) is 6.63. The molecule has 2 aliphatic heterocycles. The molecule has 0 unspecified atom stereocenters. The van der Waals surface area contributed by atoms with Gasteiger partial charge in [0.25, 0.3) is 5.91 Å². The van der Waals surface area contributed by atoms with E-state index in [-0.39, 0.29) is 5.91 Å². The Morgan fingerprint density at radius 3 is 3.11 bits per heavy atom. The third kappa shape index (κ3) is 1.62. The van der Waals surface area contributed by atoms with Crippen LogP contribution in [0.15, 0.2) is 12.1 Å². The van der Waals surface area contributed by atoms with Gasteiger partial charge in [0.05, 0.1) is 5.69 Å². The van der Waals surface area contributed by atoms with Crippen LogP contribution >= 0.6 is 0 Å². The summed E-state index contributed by atoms with van der Waals surface area (Å²) in [6, 6.07) is 4.71. The van der Waals surface area contributed by atoms with Crippen LogP contribution in [-0.4, -0.2) is 36.1 Å². The van der Waals surface area contributed by atoms with Crippen LogP contribution in [0.3, 0.4) is 0 Å². The quantitative estimate of drug-likeness (QED) is 0.814. The second-order valence-corrected chi connectivity index (χ2v) is 5.39. The summed E-state index contributed by atoms with van der Waals surface area (Å²) < 4.78 is 0. The highest BCUT2D eigenvalue weighted by Gasteiger charge is 2.31. The van der Waals surface area contributed by atoms with E-state index in [1.165, 1.54) is 0 Å². The SMILES string of the molecule is O=C(NC1CC1)c1ccc2c(n1)N[C@@H]1CCN2C1. The lowest BCUT2D eigenvalue weighted by molar-refractivity contribution is 0.0946. The van der Waals surface area contributed by atoms with E-state index in [1.54, 1.807) is 0 Å². The van der Waals surface area contributed by atoms with E-state index >= 15 is 0 Å². The summed E-state index contributed by atoms with van der Waals surface area (Å²) in [7, 11) is 0. The normalized spacial score (nSPS) is 24.4. The molecule has 0 radical (unpaired) electrons. The van der Waals surface area contributed by atoms with E-state index in [0.29, 0.717) is 17.8 Å². The Morgan fingerprint density at radius 1 is 1.39 bits per heavy atom. The number of fused-ring (bicyclic) bond motifs is 4. The Kier molecular flexibility index (Phi) is 2.04. The van der Waals surface area contributed by atoms with Crippen LogP contribution in [-0.2, 0) is 0 Å². The molecule has 3 aliphatic rings. The Morgan fingerprint density at radius 2 is 2.28 bits per heavy atom. The molecule has 1 atom stereocenters. The van der Waals surface area contributed by atoms with Gasteiger partial charge in [-0.1, -0.05) is 0 Å². The number of carbonyl (C=O) groups excluding carboxylic acids is 1. The summed E-state index contributed by atoms with van der Waals surface area (Å²) in [5.41, 5.74) is 1.65. The van der Waals surface area contributed by atoms with E-state index < -0.39 is 0 Å². The molecular weight excluding hydrogens is 228 g/mol. The van der Waals surface area contributed by atoms with Crippen LogP contribution in [0.2, 0.25) is 0 Å². The van der Waals surface area contributed by atoms with Gasteiger partial charge in [0, 0.05) is 25.2 Å². The van der Waals surface area contributed by atoms with E-state index in [2.05, 4.69) is 20.5 Å². The maximum atomic E-state index is 11.9. The van der Waals surface area contributed by atoms with E-state index in [4.69, 9.17) is 0 Å². The molecule has 1 amide bonds. The van der Waals surface area contributed by atoms with E-state index in [0.717, 1.165) is 43.9 Å². The van der Waals surface area contributed by atoms with Crippen LogP contribution in [0.25, 0.3) is 0 Å². The maximum Gasteiger partial charge on any atom is 0.270 e. The van der Waals surface area contributed by atoms with Crippen molar-refractivity contribution < 1.29 is 4.79 Å². The minimum absolute atomic E-state index is 0.0463. The van der Waals surface area contributed by atoms with Crippen molar-refractivity contribution >= 4 is 17.4 Å². The van der Waals surface area contributed by atoms with Crippen molar-refractivity contribution in [2.45, 2.75) is 31.3 Å². The fraction of sp³-hybridized carbons (Fsp3) is 0.538. The zero-order chi connectivity index (χ0) is 12.1. The molecule has 18 heavy (non-hydrogen) atoms. The molecule has 1 aromatic heterocycles. The van der Waals surface area contributed by atoms with Crippen molar-refractivity contribution in [2.24, 2.45) is 0 Å². The predicted molar refractivity (Wildman–Crippen MR) is 69.0 cm³/mol. The molecule has 1 saturated heterocycles. The van der Waals surface area contributed by atoms with Crippen molar-refractivity contribution in [3.8, 4) is 0 Å². The summed E-state index contributed by atoms with van der Waals surface area (Å²) in [6.45, 7) is 2.14. The molecule has 0 spiro atoms. The second kappa shape index (κ2) is 3.60. The van der Waals surface area contributed by atoms with Crippen LogP contribution < -0.4 is 15.5 Å². The topological polar surface area (TPSA) is 57.3 Å². The van der Waals surface area contributed by atoms with Crippen molar-refractivity contribution in [2.75, 3.05) is 23.3 Å². The number of hydrogen-bond acceptors (Lipinski definition) is 4. The molecule has 5 heteroatoms. The van der Waals surface area contributed by atoms with Gasteiger partial charge >= 0.3 is 0 Å². The summed E-state index contributed by atoms with van der Waals surface area (Å²) in [5.74, 6) is 0.821. The first-order valence-electron chi connectivity index (χ1n) is 6.63. The molecule has 4 rings (SSSR count). The summed E-state index contributed by atoms with van der Waals surface area (Å²) in [5, 5.41) is 6.39. The lowest BCUT2D eigenvalue weighted by Gasteiger charge is -2.27. The highest BCUT2D eigenvalue weighted by atomic mass is 16.2. The van der Waals surface area contributed by atoms with Crippen molar-refractivity contribution in [1.29, 1.82) is 0 Å². The van der Waals surface area contributed by atoms with Crippen molar-refractivity contribution in [3.63, 3.8) is 0 Å². The largest absolute Gasteiger partial charge is 0.366 e. The van der Waals surface area contributed by atoms with Gasteiger partial charge in [-0.15, -0.1) is 0 Å². The zero-order valence-electron chi connectivity index (χ0n) is 10.1. The maximum absolute atomic E-state index is 11.9. The molecule has 3 heterocycles. The molecule has 2 bridgehead atoms. The van der Waals surface area contributed by atoms with Crippen LogP contribution in [0.5, 0.6) is 0 Å². The van der Waals surface area contributed by atoms with Crippen molar-refractivity contribution in [1.82, 2.24) is 10.3 Å². The lowest BCUT2D eigenvalue weighted by atomic mass is 10.2. The minimum atomic E-state index is -0.0463. The van der Waals surface area contributed by atoms with Gasteiger partial charge in [-0.3, -0.25) is 4.79 Å². The molecule has 94 valence electrons. The average molecular weight is 244 g/mol. The van der Waals surface area contributed by atoms with Crippen LogP contribution in [0.4, 0.5) is 11.5 Å².